The Balaban J connectivity index is 0.00000729. The summed E-state index contributed by atoms with van der Waals surface area (Å²) < 4.78 is 39.6. The second-order valence-corrected chi connectivity index (χ2v) is 6.62. The molecule has 7 nitrogen and oxygen atoms in total. The van der Waals surface area contributed by atoms with Gasteiger partial charge in [-0.1, -0.05) is 0 Å². The van der Waals surface area contributed by atoms with Crippen LogP contribution in [-0.2, 0) is 9.59 Å². The number of carbonyl (C=O) groups excluding carboxylic acids is 2. The molecule has 0 heterocycles. The van der Waals surface area contributed by atoms with E-state index in [-0.39, 0.29) is 47.9 Å². The molecule has 4 N–H and O–H groups in total. The Bertz CT molecular complexity index is 723. The Morgan fingerprint density at radius 3 is 2.25 bits per heavy atom. The van der Waals surface area contributed by atoms with Crippen molar-refractivity contribution in [2.24, 2.45) is 4.99 Å². The van der Waals surface area contributed by atoms with Crippen LogP contribution in [0, 0.1) is 17.5 Å². The Hall–Kier alpha value is -2.05. The lowest BCUT2D eigenvalue weighted by molar-refractivity contribution is -0.121. The molecule has 0 aliphatic heterocycles. The lowest BCUT2D eigenvalue weighted by atomic mass is 10.1. The first-order valence-electron chi connectivity index (χ1n) is 8.30. The van der Waals surface area contributed by atoms with Gasteiger partial charge in [0.05, 0.1) is 12.2 Å². The summed E-state index contributed by atoms with van der Waals surface area (Å²) in [6, 6.07) is 1.62. The van der Waals surface area contributed by atoms with E-state index >= 15 is 0 Å². The average Bonchev–Trinajstić information content (AvgIpc) is 2.56. The Labute approximate surface area is 179 Å². The summed E-state index contributed by atoms with van der Waals surface area (Å²) in [6.07, 6.45) is 0. The molecular formula is C17H25F3IN5O2. The molecule has 0 aliphatic rings. The van der Waals surface area contributed by atoms with E-state index < -0.39 is 35.6 Å². The van der Waals surface area contributed by atoms with E-state index in [9.17, 15) is 22.8 Å². The maximum atomic E-state index is 13.6. The van der Waals surface area contributed by atoms with Crippen LogP contribution in [0.25, 0.3) is 0 Å². The zero-order chi connectivity index (χ0) is 20.6. The second-order valence-electron chi connectivity index (χ2n) is 6.62. The number of halogens is 4. The lowest BCUT2D eigenvalue weighted by Gasteiger charge is -2.21. The molecule has 0 aliphatic carbocycles. The summed E-state index contributed by atoms with van der Waals surface area (Å²) in [4.78, 5) is 27.6. The summed E-state index contributed by atoms with van der Waals surface area (Å²) >= 11 is 0. The number of rotatable bonds is 6. The van der Waals surface area contributed by atoms with Crippen LogP contribution in [0.5, 0.6) is 0 Å². The van der Waals surface area contributed by atoms with Gasteiger partial charge in [0.2, 0.25) is 11.8 Å². The molecule has 0 fully saturated rings. The zero-order valence-electron chi connectivity index (χ0n) is 16.1. The monoisotopic (exact) mass is 515 g/mol. The topological polar surface area (TPSA) is 94.6 Å². The van der Waals surface area contributed by atoms with Gasteiger partial charge >= 0.3 is 0 Å². The fourth-order valence-corrected chi connectivity index (χ4v) is 1.93. The minimum Gasteiger partial charge on any atom is -0.357 e. The lowest BCUT2D eigenvalue weighted by Crippen LogP contribution is -2.48. The maximum Gasteiger partial charge on any atom is 0.246 e. The molecule has 0 aromatic heterocycles. The molecule has 0 saturated carbocycles. The Morgan fingerprint density at radius 1 is 1.04 bits per heavy atom. The molecule has 1 rings (SSSR count). The van der Waals surface area contributed by atoms with E-state index in [1.807, 2.05) is 20.8 Å². The molecule has 0 bridgehead atoms. The SMILES string of the molecule is CCNC(=NCC(=O)Nc1ccc(F)c(F)c1F)NCC(=O)NC(C)(C)C.I. The summed E-state index contributed by atoms with van der Waals surface area (Å²) in [5.74, 6) is -5.32. The van der Waals surface area contributed by atoms with Crippen molar-refractivity contribution in [1.82, 2.24) is 16.0 Å². The van der Waals surface area contributed by atoms with Crippen molar-refractivity contribution >= 4 is 47.4 Å². The van der Waals surface area contributed by atoms with Crippen LogP contribution in [0.4, 0.5) is 18.9 Å². The molecule has 0 unspecified atom stereocenters. The molecule has 0 spiro atoms. The highest BCUT2D eigenvalue weighted by Gasteiger charge is 2.16. The zero-order valence-corrected chi connectivity index (χ0v) is 18.4. The maximum absolute atomic E-state index is 13.6. The van der Waals surface area contributed by atoms with Gasteiger partial charge in [0.1, 0.15) is 6.54 Å². The number of hydrogen-bond acceptors (Lipinski definition) is 3. The Kier molecular flexibility index (Phi) is 10.9. The van der Waals surface area contributed by atoms with Crippen LogP contribution < -0.4 is 21.3 Å². The minimum absolute atomic E-state index is 0. The molecule has 1 aromatic rings. The third kappa shape index (κ3) is 9.24. The van der Waals surface area contributed by atoms with Gasteiger partial charge in [-0.25, -0.2) is 18.2 Å². The smallest absolute Gasteiger partial charge is 0.246 e. The first kappa shape index (κ1) is 26.0. The first-order chi connectivity index (χ1) is 12.5. The number of nitrogens with one attached hydrogen (secondary N) is 4. The summed E-state index contributed by atoms with van der Waals surface area (Å²) in [5.41, 5.74) is -0.876. The van der Waals surface area contributed by atoms with Crippen molar-refractivity contribution in [2.45, 2.75) is 33.2 Å². The standard InChI is InChI=1S/C17H24F3N5O2.HI/c1-5-21-16(23-9-13(27)25-17(2,3)4)22-8-12(26)24-11-7-6-10(18)14(19)15(11)20;/h6-7H,5,8-9H2,1-4H3,(H,24,26)(H,25,27)(H2,21,22,23);1H. The van der Waals surface area contributed by atoms with Crippen LogP contribution in [0.3, 0.4) is 0 Å². The second kappa shape index (κ2) is 11.7. The van der Waals surface area contributed by atoms with E-state index in [2.05, 4.69) is 26.3 Å². The molecule has 158 valence electrons. The number of guanidine groups is 1. The quantitative estimate of drug-likeness (QED) is 0.202. The van der Waals surface area contributed by atoms with E-state index in [1.54, 1.807) is 6.92 Å². The third-order valence-electron chi connectivity index (χ3n) is 2.97. The van der Waals surface area contributed by atoms with Crippen molar-refractivity contribution in [3.05, 3.63) is 29.6 Å². The molecule has 1 aromatic carbocycles. The highest BCUT2D eigenvalue weighted by Crippen LogP contribution is 2.19. The van der Waals surface area contributed by atoms with Crippen molar-refractivity contribution in [1.29, 1.82) is 0 Å². The molecule has 11 heteroatoms. The van der Waals surface area contributed by atoms with E-state index in [4.69, 9.17) is 0 Å². The Morgan fingerprint density at radius 2 is 1.68 bits per heavy atom. The van der Waals surface area contributed by atoms with Crippen molar-refractivity contribution in [3.8, 4) is 0 Å². The predicted molar refractivity (Wildman–Crippen MR) is 112 cm³/mol. The molecule has 2 amide bonds. The number of aliphatic imine (C=N–C) groups is 1. The summed E-state index contributed by atoms with van der Waals surface area (Å²) in [7, 11) is 0. The number of nitrogens with zero attached hydrogens (tertiary/aromatic N) is 1. The van der Waals surface area contributed by atoms with E-state index in [1.165, 1.54) is 0 Å². The van der Waals surface area contributed by atoms with Gasteiger partial charge in [-0.15, -0.1) is 24.0 Å². The van der Waals surface area contributed by atoms with Crippen LogP contribution in [0.1, 0.15) is 27.7 Å². The van der Waals surface area contributed by atoms with E-state index in [0.29, 0.717) is 12.6 Å². The normalized spacial score (nSPS) is 11.3. The molecule has 28 heavy (non-hydrogen) atoms. The number of amides is 2. The number of benzene rings is 1. The number of anilines is 1. The minimum atomic E-state index is -1.67. The van der Waals surface area contributed by atoms with Gasteiger partial charge in [0.15, 0.2) is 23.4 Å². The third-order valence-corrected chi connectivity index (χ3v) is 2.97. The summed E-state index contributed by atoms with van der Waals surface area (Å²) in [5, 5.41) is 10.5. The molecule has 0 atom stereocenters. The van der Waals surface area contributed by atoms with Crippen LogP contribution >= 0.6 is 24.0 Å². The van der Waals surface area contributed by atoms with E-state index in [0.717, 1.165) is 6.07 Å². The number of carbonyl (C=O) groups is 2. The van der Waals surface area contributed by atoms with Gasteiger partial charge < -0.3 is 21.3 Å². The van der Waals surface area contributed by atoms with Gasteiger partial charge in [0.25, 0.3) is 0 Å². The molecule has 0 saturated heterocycles. The molecular weight excluding hydrogens is 490 g/mol. The highest BCUT2D eigenvalue weighted by molar-refractivity contribution is 14.0. The van der Waals surface area contributed by atoms with Crippen molar-refractivity contribution in [3.63, 3.8) is 0 Å². The van der Waals surface area contributed by atoms with Crippen LogP contribution in [0.2, 0.25) is 0 Å². The first-order valence-corrected chi connectivity index (χ1v) is 8.30. The predicted octanol–water partition coefficient (Wildman–Crippen LogP) is 2.13. The highest BCUT2D eigenvalue weighted by atomic mass is 127. The van der Waals surface area contributed by atoms with Gasteiger partial charge in [-0.05, 0) is 39.8 Å². The number of hydrogen-bond donors (Lipinski definition) is 4. The average molecular weight is 515 g/mol. The molecule has 0 radical (unpaired) electrons. The van der Waals surface area contributed by atoms with Crippen LogP contribution in [-0.4, -0.2) is 42.9 Å². The van der Waals surface area contributed by atoms with Gasteiger partial charge in [-0.2, -0.15) is 0 Å². The van der Waals surface area contributed by atoms with Crippen molar-refractivity contribution in [2.75, 3.05) is 25.0 Å². The van der Waals surface area contributed by atoms with Gasteiger partial charge in [-0.3, -0.25) is 9.59 Å². The van der Waals surface area contributed by atoms with Gasteiger partial charge in [0, 0.05) is 12.1 Å². The fourth-order valence-electron chi connectivity index (χ4n) is 1.93. The largest absolute Gasteiger partial charge is 0.357 e. The van der Waals surface area contributed by atoms with Crippen LogP contribution in [0.15, 0.2) is 17.1 Å². The summed E-state index contributed by atoms with van der Waals surface area (Å²) in [6.45, 7) is 7.30. The van der Waals surface area contributed by atoms with Crippen molar-refractivity contribution < 1.29 is 22.8 Å². The fraction of sp³-hybridized carbons (Fsp3) is 0.471.